The van der Waals surface area contributed by atoms with E-state index in [1.54, 1.807) is 11.3 Å². The van der Waals surface area contributed by atoms with Crippen molar-refractivity contribution in [2.75, 3.05) is 11.9 Å². The maximum atomic E-state index is 4.77. The number of aromatic nitrogens is 1. The van der Waals surface area contributed by atoms with Crippen LogP contribution < -0.4 is 10.2 Å². The average Bonchev–Trinajstić information content (AvgIpc) is 3.05. The second-order valence-electron chi connectivity index (χ2n) is 5.48. The number of rotatable bonds is 7. The summed E-state index contributed by atoms with van der Waals surface area (Å²) in [7, 11) is 1.95. The lowest BCUT2D eigenvalue weighted by molar-refractivity contribution is 0.770. The van der Waals surface area contributed by atoms with E-state index in [1.165, 1.54) is 11.1 Å². The third-order valence-electron chi connectivity index (χ3n) is 3.60. The summed E-state index contributed by atoms with van der Waals surface area (Å²) in [6.45, 7) is 2.53. The molecule has 118 valence electrons. The number of benzene rings is 2. The molecule has 0 saturated carbocycles. The second-order valence-corrected chi connectivity index (χ2v) is 6.32. The molecule has 3 rings (SSSR count). The summed E-state index contributed by atoms with van der Waals surface area (Å²) in [5.74, 6) is 0. The van der Waals surface area contributed by atoms with Crippen LogP contribution in [0.5, 0.6) is 0 Å². The van der Waals surface area contributed by atoms with Crippen LogP contribution in [0, 0.1) is 0 Å². The number of nitrogens with zero attached hydrogens (tertiary/aromatic N) is 2. The SMILES string of the molecule is CNCc1csc(N(Cc2ccccc2)Cc2ccccc2)n1. The lowest BCUT2D eigenvalue weighted by Gasteiger charge is -2.22. The van der Waals surface area contributed by atoms with Crippen LogP contribution >= 0.6 is 11.3 Å². The van der Waals surface area contributed by atoms with Crippen molar-refractivity contribution in [1.82, 2.24) is 10.3 Å². The van der Waals surface area contributed by atoms with Gasteiger partial charge < -0.3 is 10.2 Å². The fraction of sp³-hybridized carbons (Fsp3) is 0.211. The van der Waals surface area contributed by atoms with Gasteiger partial charge in [0.15, 0.2) is 5.13 Å². The third kappa shape index (κ3) is 4.41. The summed E-state index contributed by atoms with van der Waals surface area (Å²) in [6.07, 6.45) is 0. The van der Waals surface area contributed by atoms with Crippen LogP contribution in [0.2, 0.25) is 0 Å². The zero-order chi connectivity index (χ0) is 15.9. The van der Waals surface area contributed by atoms with E-state index in [-0.39, 0.29) is 0 Å². The van der Waals surface area contributed by atoms with E-state index < -0.39 is 0 Å². The largest absolute Gasteiger partial charge is 0.339 e. The van der Waals surface area contributed by atoms with Gasteiger partial charge in [-0.2, -0.15) is 0 Å². The Kier molecular flexibility index (Phi) is 5.40. The van der Waals surface area contributed by atoms with Crippen molar-refractivity contribution in [3.05, 3.63) is 82.9 Å². The zero-order valence-electron chi connectivity index (χ0n) is 13.3. The van der Waals surface area contributed by atoms with Gasteiger partial charge in [0.1, 0.15) is 0 Å². The Morgan fingerprint density at radius 3 is 2.00 bits per heavy atom. The molecule has 23 heavy (non-hydrogen) atoms. The third-order valence-corrected chi connectivity index (χ3v) is 4.55. The van der Waals surface area contributed by atoms with Crippen molar-refractivity contribution >= 4 is 16.5 Å². The van der Waals surface area contributed by atoms with E-state index in [4.69, 9.17) is 4.98 Å². The Hall–Kier alpha value is -2.17. The molecule has 0 atom stereocenters. The van der Waals surface area contributed by atoms with Gasteiger partial charge in [0.2, 0.25) is 0 Å². The molecule has 1 heterocycles. The van der Waals surface area contributed by atoms with E-state index in [0.717, 1.165) is 30.5 Å². The van der Waals surface area contributed by atoms with Crippen LogP contribution in [0.3, 0.4) is 0 Å². The second kappa shape index (κ2) is 7.90. The fourth-order valence-corrected chi connectivity index (χ4v) is 3.33. The highest BCUT2D eigenvalue weighted by molar-refractivity contribution is 7.13. The molecule has 0 bridgehead atoms. The van der Waals surface area contributed by atoms with E-state index in [2.05, 4.69) is 76.3 Å². The number of nitrogens with one attached hydrogen (secondary N) is 1. The smallest absolute Gasteiger partial charge is 0.186 e. The maximum absolute atomic E-state index is 4.77. The standard InChI is InChI=1S/C19H21N3S/c1-20-12-18-15-23-19(21-18)22(13-16-8-4-2-5-9-16)14-17-10-6-3-7-11-17/h2-11,15,20H,12-14H2,1H3. The molecule has 0 saturated heterocycles. The first-order valence-electron chi connectivity index (χ1n) is 7.77. The molecule has 4 heteroatoms. The van der Waals surface area contributed by atoms with Crippen molar-refractivity contribution in [3.63, 3.8) is 0 Å². The monoisotopic (exact) mass is 323 g/mol. The zero-order valence-corrected chi connectivity index (χ0v) is 14.1. The Balaban J connectivity index is 1.82. The summed E-state index contributed by atoms with van der Waals surface area (Å²) in [4.78, 5) is 7.12. The van der Waals surface area contributed by atoms with E-state index in [9.17, 15) is 0 Å². The highest BCUT2D eigenvalue weighted by Gasteiger charge is 2.12. The quantitative estimate of drug-likeness (QED) is 0.710. The first-order chi connectivity index (χ1) is 11.3. The van der Waals surface area contributed by atoms with Crippen LogP contribution in [-0.4, -0.2) is 12.0 Å². The van der Waals surface area contributed by atoms with Crippen LogP contribution in [0.25, 0.3) is 0 Å². The van der Waals surface area contributed by atoms with Gasteiger partial charge in [-0.1, -0.05) is 60.7 Å². The molecule has 0 aliphatic heterocycles. The molecule has 2 aromatic carbocycles. The molecule has 3 nitrogen and oxygen atoms in total. The molecule has 0 fully saturated rings. The van der Waals surface area contributed by atoms with Gasteiger partial charge in [-0.3, -0.25) is 0 Å². The van der Waals surface area contributed by atoms with Crippen LogP contribution in [0.4, 0.5) is 5.13 Å². The lowest BCUT2D eigenvalue weighted by atomic mass is 10.2. The van der Waals surface area contributed by atoms with Crippen molar-refractivity contribution in [1.29, 1.82) is 0 Å². The minimum absolute atomic E-state index is 0.807. The summed E-state index contributed by atoms with van der Waals surface area (Å²) >= 11 is 1.71. The minimum Gasteiger partial charge on any atom is -0.339 e. The van der Waals surface area contributed by atoms with Crippen LogP contribution in [0.15, 0.2) is 66.0 Å². The molecule has 1 aromatic heterocycles. The van der Waals surface area contributed by atoms with Gasteiger partial charge in [0, 0.05) is 25.0 Å². The van der Waals surface area contributed by atoms with E-state index >= 15 is 0 Å². The molecular formula is C19H21N3S. The highest BCUT2D eigenvalue weighted by atomic mass is 32.1. The predicted molar refractivity (Wildman–Crippen MR) is 97.6 cm³/mol. The maximum Gasteiger partial charge on any atom is 0.186 e. The Labute approximate surface area is 141 Å². The molecule has 0 aliphatic carbocycles. The number of hydrogen-bond acceptors (Lipinski definition) is 4. The summed E-state index contributed by atoms with van der Waals surface area (Å²) < 4.78 is 0. The number of thiazole rings is 1. The molecule has 1 N–H and O–H groups in total. The number of anilines is 1. The van der Waals surface area contributed by atoms with E-state index in [0.29, 0.717) is 0 Å². The average molecular weight is 323 g/mol. The summed E-state index contributed by atoms with van der Waals surface area (Å²) in [5.41, 5.74) is 3.70. The van der Waals surface area contributed by atoms with Crippen LogP contribution in [-0.2, 0) is 19.6 Å². The topological polar surface area (TPSA) is 28.2 Å². The molecule has 0 spiro atoms. The molecular weight excluding hydrogens is 302 g/mol. The predicted octanol–water partition coefficient (Wildman–Crippen LogP) is 4.07. The molecule has 0 unspecified atom stereocenters. The lowest BCUT2D eigenvalue weighted by Crippen LogP contribution is -2.22. The molecule has 0 aliphatic rings. The van der Waals surface area contributed by atoms with Gasteiger partial charge in [-0.05, 0) is 18.2 Å². The fourth-order valence-electron chi connectivity index (χ4n) is 2.50. The summed E-state index contributed by atoms with van der Waals surface area (Å²) in [6, 6.07) is 21.1. The number of hydrogen-bond donors (Lipinski definition) is 1. The van der Waals surface area contributed by atoms with Gasteiger partial charge in [0.25, 0.3) is 0 Å². The first-order valence-corrected chi connectivity index (χ1v) is 8.65. The molecule has 3 aromatic rings. The Morgan fingerprint density at radius 2 is 1.48 bits per heavy atom. The first kappa shape index (κ1) is 15.7. The van der Waals surface area contributed by atoms with Crippen molar-refractivity contribution < 1.29 is 0 Å². The van der Waals surface area contributed by atoms with Gasteiger partial charge >= 0.3 is 0 Å². The Bertz CT molecular complexity index is 668. The van der Waals surface area contributed by atoms with Crippen molar-refractivity contribution in [3.8, 4) is 0 Å². The van der Waals surface area contributed by atoms with Gasteiger partial charge in [0.05, 0.1) is 5.69 Å². The molecule has 0 amide bonds. The van der Waals surface area contributed by atoms with Crippen molar-refractivity contribution in [2.24, 2.45) is 0 Å². The Morgan fingerprint density at radius 1 is 0.913 bits per heavy atom. The highest BCUT2D eigenvalue weighted by Crippen LogP contribution is 2.24. The normalized spacial score (nSPS) is 10.7. The summed E-state index contributed by atoms with van der Waals surface area (Å²) in [5, 5.41) is 6.37. The van der Waals surface area contributed by atoms with Crippen molar-refractivity contribution in [2.45, 2.75) is 19.6 Å². The van der Waals surface area contributed by atoms with Crippen LogP contribution in [0.1, 0.15) is 16.8 Å². The van der Waals surface area contributed by atoms with E-state index in [1.807, 2.05) is 7.05 Å². The van der Waals surface area contributed by atoms with Gasteiger partial charge in [-0.25, -0.2) is 4.98 Å². The molecule has 0 radical (unpaired) electrons. The van der Waals surface area contributed by atoms with Gasteiger partial charge in [-0.15, -0.1) is 11.3 Å². The minimum atomic E-state index is 0.807.